The van der Waals surface area contributed by atoms with Gasteiger partial charge in [0, 0.05) is 26.2 Å². The van der Waals surface area contributed by atoms with Gasteiger partial charge in [-0.2, -0.15) is 74.6 Å². The maximum atomic E-state index is 14.0. The number of alkyl halides is 17. The van der Waals surface area contributed by atoms with Crippen molar-refractivity contribution in [1.29, 1.82) is 0 Å². The van der Waals surface area contributed by atoms with Crippen LogP contribution in [0, 0.1) is 0 Å². The van der Waals surface area contributed by atoms with Gasteiger partial charge in [-0.05, 0) is 17.7 Å². The monoisotopic (exact) mass is 583 g/mol. The Labute approximate surface area is 195 Å². The van der Waals surface area contributed by atoms with Crippen molar-refractivity contribution in [2.24, 2.45) is 0 Å². The first kappa shape index (κ1) is 32.8. The van der Waals surface area contributed by atoms with E-state index < -0.39 is 65.7 Å². The van der Waals surface area contributed by atoms with Gasteiger partial charge < -0.3 is 10.0 Å². The second-order valence-electron chi connectivity index (χ2n) is 7.86. The van der Waals surface area contributed by atoms with Gasteiger partial charge in [0.15, 0.2) is 0 Å². The van der Waals surface area contributed by atoms with E-state index in [1.54, 1.807) is 0 Å². The van der Waals surface area contributed by atoms with Crippen LogP contribution >= 0.6 is 0 Å². The molecule has 0 aliphatic rings. The fourth-order valence-corrected chi connectivity index (χ4v) is 2.70. The number of rotatable bonds is 10. The van der Waals surface area contributed by atoms with Gasteiger partial charge in [-0.25, -0.2) is 0 Å². The molecule has 0 amide bonds. The van der Waals surface area contributed by atoms with Crippen LogP contribution in [-0.2, 0) is 0 Å². The largest absolute Gasteiger partial charge is 0.460 e. The third-order valence-corrected chi connectivity index (χ3v) is 5.01. The zero-order chi connectivity index (χ0) is 29.8. The van der Waals surface area contributed by atoms with E-state index in [2.05, 4.69) is 0 Å². The van der Waals surface area contributed by atoms with Crippen LogP contribution in [0.4, 0.5) is 80.3 Å². The van der Waals surface area contributed by atoms with Gasteiger partial charge in [0.25, 0.3) is 0 Å². The lowest BCUT2D eigenvalue weighted by atomic mass is 9.87. The normalized spacial score (nSPS) is 16.1. The van der Waals surface area contributed by atoms with E-state index in [-0.39, 0.29) is 5.69 Å². The summed E-state index contributed by atoms with van der Waals surface area (Å²) in [5.41, 5.74) is -0.658. The molecule has 216 valence electrons. The SMILES string of the molecule is CN(C)c1cccc(C(O)CC(F)(F)C(F)(F)C(F)(F)C(F)(F)C(F)(F)C(F)(F)C(F)(F)C(F)(F)F)c1. The van der Waals surface area contributed by atoms with Crippen LogP contribution in [0.3, 0.4) is 0 Å². The number of hydrogen-bond donors (Lipinski definition) is 1. The highest BCUT2D eigenvalue weighted by molar-refractivity contribution is 5.47. The highest BCUT2D eigenvalue weighted by atomic mass is 19.4. The van der Waals surface area contributed by atoms with Crippen molar-refractivity contribution in [3.63, 3.8) is 0 Å². The lowest BCUT2D eigenvalue weighted by Crippen LogP contribution is -2.74. The van der Waals surface area contributed by atoms with E-state index in [0.29, 0.717) is 0 Å². The first-order valence-electron chi connectivity index (χ1n) is 9.21. The standard InChI is InChI=1S/C18H14F17NO/c1-36(2)9-5-3-4-8(6-9)10(37)7-11(19,20)12(21,22)13(23,24)14(25,26)15(27,28)16(29,30)17(31,32)18(33,34)35/h3-6,10,37H,7H2,1-2H3. The fraction of sp³-hybridized carbons (Fsp3) is 0.667. The van der Waals surface area contributed by atoms with Gasteiger partial charge in [0.2, 0.25) is 0 Å². The van der Waals surface area contributed by atoms with Crippen molar-refractivity contribution in [1.82, 2.24) is 0 Å². The molecule has 0 aliphatic heterocycles. The quantitative estimate of drug-likeness (QED) is 0.295. The van der Waals surface area contributed by atoms with Crippen molar-refractivity contribution in [3.05, 3.63) is 29.8 Å². The Morgan fingerprint density at radius 2 is 1.00 bits per heavy atom. The maximum absolute atomic E-state index is 14.0. The molecule has 0 radical (unpaired) electrons. The molecule has 1 N–H and O–H groups in total. The van der Waals surface area contributed by atoms with Crippen LogP contribution in [-0.4, -0.2) is 66.8 Å². The van der Waals surface area contributed by atoms with Crippen molar-refractivity contribution < 1.29 is 79.7 Å². The van der Waals surface area contributed by atoms with Gasteiger partial charge in [-0.1, -0.05) is 12.1 Å². The van der Waals surface area contributed by atoms with Gasteiger partial charge in [-0.3, -0.25) is 0 Å². The molecule has 1 aromatic carbocycles. The number of halogens is 17. The number of anilines is 1. The van der Waals surface area contributed by atoms with Gasteiger partial charge >= 0.3 is 47.6 Å². The molecule has 1 unspecified atom stereocenters. The van der Waals surface area contributed by atoms with Crippen LogP contribution in [0.1, 0.15) is 18.1 Å². The van der Waals surface area contributed by atoms with E-state index in [4.69, 9.17) is 0 Å². The van der Waals surface area contributed by atoms with Crippen LogP contribution in [0.15, 0.2) is 24.3 Å². The summed E-state index contributed by atoms with van der Waals surface area (Å²) >= 11 is 0. The van der Waals surface area contributed by atoms with Crippen LogP contribution in [0.2, 0.25) is 0 Å². The zero-order valence-corrected chi connectivity index (χ0v) is 17.9. The van der Waals surface area contributed by atoms with Crippen molar-refractivity contribution in [2.45, 2.75) is 60.2 Å². The average Bonchev–Trinajstić information content (AvgIpc) is 2.71. The molecular weight excluding hydrogens is 569 g/mol. The summed E-state index contributed by atoms with van der Waals surface area (Å²) in [6, 6.07) is 3.80. The number of nitrogens with zero attached hydrogens (tertiary/aromatic N) is 1. The Morgan fingerprint density at radius 1 is 0.622 bits per heavy atom. The molecule has 0 aromatic heterocycles. The van der Waals surface area contributed by atoms with Crippen LogP contribution < -0.4 is 4.90 Å². The Balaban J connectivity index is 3.53. The molecule has 0 heterocycles. The number of benzene rings is 1. The van der Waals surface area contributed by atoms with Crippen molar-refractivity contribution in [2.75, 3.05) is 19.0 Å². The number of hydrogen-bond acceptors (Lipinski definition) is 2. The summed E-state index contributed by atoms with van der Waals surface area (Å²) in [4.78, 5) is 1.25. The molecule has 2 nitrogen and oxygen atoms in total. The van der Waals surface area contributed by atoms with E-state index in [9.17, 15) is 79.7 Å². The van der Waals surface area contributed by atoms with E-state index in [1.165, 1.54) is 25.1 Å². The molecule has 0 saturated carbocycles. The summed E-state index contributed by atoms with van der Waals surface area (Å²) in [6.07, 6.45) is -13.7. The molecule has 0 fully saturated rings. The Hall–Kier alpha value is -2.21. The molecule has 0 saturated heterocycles. The lowest BCUT2D eigenvalue weighted by Gasteiger charge is -2.43. The van der Waals surface area contributed by atoms with E-state index >= 15 is 0 Å². The second kappa shape index (κ2) is 9.21. The third kappa shape index (κ3) is 4.86. The summed E-state index contributed by atoms with van der Waals surface area (Å²) in [7, 11) is 2.68. The first-order chi connectivity index (χ1) is 16.0. The smallest absolute Gasteiger partial charge is 0.388 e. The van der Waals surface area contributed by atoms with Gasteiger partial charge in [-0.15, -0.1) is 0 Å². The average molecular weight is 583 g/mol. The molecular formula is C18H14F17NO. The van der Waals surface area contributed by atoms with E-state index in [1.807, 2.05) is 0 Å². The number of aliphatic hydroxyl groups is 1. The minimum absolute atomic E-state index is 0.0796. The summed E-state index contributed by atoms with van der Waals surface area (Å²) < 4.78 is 226. The fourth-order valence-electron chi connectivity index (χ4n) is 2.70. The summed E-state index contributed by atoms with van der Waals surface area (Å²) in [5.74, 6) is -56.9. The van der Waals surface area contributed by atoms with Gasteiger partial charge in [0.05, 0.1) is 6.10 Å². The molecule has 1 rings (SSSR count). The third-order valence-electron chi connectivity index (χ3n) is 5.01. The molecule has 1 atom stereocenters. The number of aliphatic hydroxyl groups excluding tert-OH is 1. The Morgan fingerprint density at radius 3 is 1.38 bits per heavy atom. The molecule has 0 spiro atoms. The lowest BCUT2D eigenvalue weighted by molar-refractivity contribution is -0.462. The summed E-state index contributed by atoms with van der Waals surface area (Å²) in [5, 5.41) is 9.72. The molecule has 0 aliphatic carbocycles. The van der Waals surface area contributed by atoms with Crippen LogP contribution in [0.5, 0.6) is 0 Å². The van der Waals surface area contributed by atoms with Crippen molar-refractivity contribution in [3.8, 4) is 0 Å². The van der Waals surface area contributed by atoms with E-state index in [0.717, 1.165) is 18.2 Å². The first-order valence-corrected chi connectivity index (χ1v) is 9.21. The minimum atomic E-state index is -8.68. The predicted molar refractivity (Wildman–Crippen MR) is 91.0 cm³/mol. The maximum Gasteiger partial charge on any atom is 0.460 e. The highest BCUT2D eigenvalue weighted by Gasteiger charge is 2.95. The highest BCUT2D eigenvalue weighted by Crippen LogP contribution is 2.64. The molecule has 37 heavy (non-hydrogen) atoms. The Kier molecular flexibility index (Phi) is 8.17. The van der Waals surface area contributed by atoms with Gasteiger partial charge in [0.1, 0.15) is 0 Å². The molecule has 19 heteroatoms. The Bertz CT molecular complexity index is 954. The second-order valence-corrected chi connectivity index (χ2v) is 7.86. The summed E-state index contributed by atoms with van der Waals surface area (Å²) in [6.45, 7) is 0. The molecule has 0 bridgehead atoms. The topological polar surface area (TPSA) is 23.5 Å². The zero-order valence-electron chi connectivity index (χ0n) is 17.9. The van der Waals surface area contributed by atoms with Crippen molar-refractivity contribution >= 4 is 5.69 Å². The predicted octanol–water partition coefficient (Wildman–Crippen LogP) is 7.19. The van der Waals surface area contributed by atoms with Crippen LogP contribution in [0.25, 0.3) is 0 Å². The molecule has 1 aromatic rings. The minimum Gasteiger partial charge on any atom is -0.388 e.